The minimum Gasteiger partial charge on any atom is -0.368 e. The van der Waals surface area contributed by atoms with Crippen LogP contribution < -0.4 is 10.6 Å². The van der Waals surface area contributed by atoms with Gasteiger partial charge in [-0.15, -0.1) is 0 Å². The van der Waals surface area contributed by atoms with Crippen LogP contribution in [0.15, 0.2) is 0 Å². The molecule has 0 aromatic rings. The topological polar surface area (TPSA) is 67.4 Å². The van der Waals surface area contributed by atoms with Crippen LogP contribution in [0.1, 0.15) is 19.3 Å². The van der Waals surface area contributed by atoms with Gasteiger partial charge < -0.3 is 15.4 Å². The first-order chi connectivity index (χ1) is 6.77. The van der Waals surface area contributed by atoms with E-state index in [4.69, 9.17) is 4.74 Å². The van der Waals surface area contributed by atoms with Crippen LogP contribution in [0.5, 0.6) is 0 Å². The van der Waals surface area contributed by atoms with Gasteiger partial charge in [0.05, 0.1) is 0 Å². The van der Waals surface area contributed by atoms with Crippen LogP contribution in [0, 0.1) is 0 Å². The van der Waals surface area contributed by atoms with Gasteiger partial charge in [0.1, 0.15) is 12.1 Å². The lowest BCUT2D eigenvalue weighted by Crippen LogP contribution is -2.44. The maximum Gasteiger partial charge on any atom is 0.249 e. The van der Waals surface area contributed by atoms with Crippen LogP contribution in [0.4, 0.5) is 0 Å². The van der Waals surface area contributed by atoms with Crippen molar-refractivity contribution in [2.45, 2.75) is 31.4 Å². The monoisotopic (exact) mass is 198 g/mol. The number of carbonyl (C=O) groups is 2. The smallest absolute Gasteiger partial charge is 0.249 e. The van der Waals surface area contributed by atoms with Gasteiger partial charge in [0.2, 0.25) is 11.8 Å². The van der Waals surface area contributed by atoms with Crippen LogP contribution in [0.3, 0.4) is 0 Å². The summed E-state index contributed by atoms with van der Waals surface area (Å²) in [5.41, 5.74) is 0. The molecule has 0 aliphatic carbocycles. The van der Waals surface area contributed by atoms with Gasteiger partial charge in [0.25, 0.3) is 0 Å². The molecule has 5 nitrogen and oxygen atoms in total. The first-order valence-electron chi connectivity index (χ1n) is 4.97. The molecule has 5 heteroatoms. The molecule has 2 unspecified atom stereocenters. The maximum atomic E-state index is 11.5. The van der Waals surface area contributed by atoms with Crippen LogP contribution in [-0.2, 0) is 14.3 Å². The number of rotatable bonds is 2. The Morgan fingerprint density at radius 2 is 2.36 bits per heavy atom. The Bertz CT molecular complexity index is 248. The summed E-state index contributed by atoms with van der Waals surface area (Å²) in [6, 6.07) is -0.355. The fourth-order valence-electron chi connectivity index (χ4n) is 1.78. The van der Waals surface area contributed by atoms with Gasteiger partial charge in [-0.2, -0.15) is 0 Å². The maximum absolute atomic E-state index is 11.5. The highest BCUT2D eigenvalue weighted by atomic mass is 16.5. The second kappa shape index (κ2) is 3.96. The lowest BCUT2D eigenvalue weighted by atomic mass is 10.2. The SMILES string of the molecule is O=C1NCCC1NC(=O)C1CCCO1. The van der Waals surface area contributed by atoms with E-state index in [1.54, 1.807) is 0 Å². The number of carbonyl (C=O) groups excluding carboxylic acids is 2. The van der Waals surface area contributed by atoms with Crippen LogP contribution in [-0.4, -0.2) is 37.1 Å². The second-order valence-corrected chi connectivity index (χ2v) is 3.64. The molecule has 2 saturated heterocycles. The Morgan fingerprint density at radius 1 is 1.50 bits per heavy atom. The molecule has 0 spiro atoms. The van der Waals surface area contributed by atoms with Gasteiger partial charge in [-0.05, 0) is 19.3 Å². The third kappa shape index (κ3) is 1.87. The normalized spacial score (nSPS) is 31.6. The molecule has 2 atom stereocenters. The predicted octanol–water partition coefficient (Wildman–Crippen LogP) is -0.830. The average Bonchev–Trinajstić information content (AvgIpc) is 2.77. The van der Waals surface area contributed by atoms with E-state index in [1.807, 2.05) is 0 Å². The van der Waals surface area contributed by atoms with E-state index in [1.165, 1.54) is 0 Å². The summed E-state index contributed by atoms with van der Waals surface area (Å²) in [4.78, 5) is 22.7. The minimum atomic E-state index is -0.355. The summed E-state index contributed by atoms with van der Waals surface area (Å²) >= 11 is 0. The number of ether oxygens (including phenoxy) is 1. The van der Waals surface area contributed by atoms with Crippen LogP contribution >= 0.6 is 0 Å². The van der Waals surface area contributed by atoms with E-state index in [9.17, 15) is 9.59 Å². The fraction of sp³-hybridized carbons (Fsp3) is 0.778. The first kappa shape index (κ1) is 9.45. The molecule has 0 bridgehead atoms. The summed E-state index contributed by atoms with van der Waals surface area (Å²) in [6.45, 7) is 1.30. The largest absolute Gasteiger partial charge is 0.368 e. The molecular formula is C9H14N2O3. The van der Waals surface area contributed by atoms with Gasteiger partial charge in [0, 0.05) is 13.2 Å². The molecule has 2 heterocycles. The van der Waals surface area contributed by atoms with Gasteiger partial charge in [-0.25, -0.2) is 0 Å². The van der Waals surface area contributed by atoms with Gasteiger partial charge in [0.15, 0.2) is 0 Å². The van der Waals surface area contributed by atoms with E-state index >= 15 is 0 Å². The molecule has 2 N–H and O–H groups in total. The zero-order valence-corrected chi connectivity index (χ0v) is 7.91. The number of nitrogens with one attached hydrogen (secondary N) is 2. The van der Waals surface area contributed by atoms with Crippen molar-refractivity contribution >= 4 is 11.8 Å². The molecule has 2 fully saturated rings. The van der Waals surface area contributed by atoms with Crippen molar-refractivity contribution in [2.75, 3.05) is 13.2 Å². The molecular weight excluding hydrogens is 184 g/mol. The molecule has 0 radical (unpaired) electrons. The summed E-state index contributed by atoms with van der Waals surface area (Å²) in [5.74, 6) is -0.235. The van der Waals surface area contributed by atoms with Crippen molar-refractivity contribution in [2.24, 2.45) is 0 Å². The molecule has 2 rings (SSSR count). The zero-order valence-electron chi connectivity index (χ0n) is 7.91. The Kier molecular flexibility index (Phi) is 2.67. The molecule has 14 heavy (non-hydrogen) atoms. The van der Waals surface area contributed by atoms with Gasteiger partial charge >= 0.3 is 0 Å². The van der Waals surface area contributed by atoms with Crippen molar-refractivity contribution in [3.63, 3.8) is 0 Å². The van der Waals surface area contributed by atoms with Crippen molar-refractivity contribution in [3.05, 3.63) is 0 Å². The van der Waals surface area contributed by atoms with Gasteiger partial charge in [-0.3, -0.25) is 9.59 Å². The Labute approximate surface area is 82.2 Å². The third-order valence-electron chi connectivity index (χ3n) is 2.59. The Hall–Kier alpha value is -1.10. The molecule has 78 valence electrons. The summed E-state index contributed by atoms with van der Waals surface area (Å²) < 4.78 is 5.22. The lowest BCUT2D eigenvalue weighted by molar-refractivity contribution is -0.133. The summed E-state index contributed by atoms with van der Waals surface area (Å²) in [6.07, 6.45) is 2.02. The summed E-state index contributed by atoms with van der Waals surface area (Å²) in [7, 11) is 0. The first-order valence-corrected chi connectivity index (χ1v) is 4.97. The number of hydrogen-bond acceptors (Lipinski definition) is 3. The lowest BCUT2D eigenvalue weighted by Gasteiger charge is -2.13. The molecule has 2 aliphatic heterocycles. The van der Waals surface area contributed by atoms with Crippen molar-refractivity contribution in [1.82, 2.24) is 10.6 Å². The van der Waals surface area contributed by atoms with E-state index in [2.05, 4.69) is 10.6 Å². The van der Waals surface area contributed by atoms with Crippen molar-refractivity contribution in [3.8, 4) is 0 Å². The van der Waals surface area contributed by atoms with Crippen molar-refractivity contribution < 1.29 is 14.3 Å². The van der Waals surface area contributed by atoms with E-state index in [-0.39, 0.29) is 24.0 Å². The highest BCUT2D eigenvalue weighted by molar-refractivity contribution is 5.90. The molecule has 0 saturated carbocycles. The predicted molar refractivity (Wildman–Crippen MR) is 48.5 cm³/mol. The molecule has 0 aromatic heterocycles. The highest BCUT2D eigenvalue weighted by Crippen LogP contribution is 2.12. The van der Waals surface area contributed by atoms with Gasteiger partial charge in [-0.1, -0.05) is 0 Å². The molecule has 0 aromatic carbocycles. The third-order valence-corrected chi connectivity index (χ3v) is 2.59. The molecule has 2 amide bonds. The van der Waals surface area contributed by atoms with E-state index in [0.717, 1.165) is 12.8 Å². The highest BCUT2D eigenvalue weighted by Gasteiger charge is 2.30. The Morgan fingerprint density at radius 3 is 2.93 bits per heavy atom. The average molecular weight is 198 g/mol. The number of hydrogen-bond donors (Lipinski definition) is 2. The fourth-order valence-corrected chi connectivity index (χ4v) is 1.78. The number of amides is 2. The second-order valence-electron chi connectivity index (χ2n) is 3.64. The minimum absolute atomic E-state index is 0.0867. The zero-order chi connectivity index (χ0) is 9.97. The van der Waals surface area contributed by atoms with E-state index in [0.29, 0.717) is 19.6 Å². The van der Waals surface area contributed by atoms with E-state index < -0.39 is 0 Å². The van der Waals surface area contributed by atoms with Crippen LogP contribution in [0.25, 0.3) is 0 Å². The standard InChI is InChI=1S/C9H14N2O3/c12-8-6(3-4-10-8)11-9(13)7-2-1-5-14-7/h6-7H,1-5H2,(H,10,12)(H,11,13). The Balaban J connectivity index is 1.84. The molecule has 2 aliphatic rings. The quantitative estimate of drug-likeness (QED) is 0.608. The summed E-state index contributed by atoms with van der Waals surface area (Å²) in [5, 5.41) is 5.37. The van der Waals surface area contributed by atoms with Crippen LogP contribution in [0.2, 0.25) is 0 Å². The van der Waals surface area contributed by atoms with Crippen molar-refractivity contribution in [1.29, 1.82) is 0 Å².